The van der Waals surface area contributed by atoms with E-state index in [2.05, 4.69) is 11.8 Å². The summed E-state index contributed by atoms with van der Waals surface area (Å²) < 4.78 is 0. The Bertz CT molecular complexity index is 155. The lowest BCUT2D eigenvalue weighted by molar-refractivity contribution is 0.176. The molecule has 1 rings (SSSR count). The van der Waals surface area contributed by atoms with Crippen molar-refractivity contribution in [3.63, 3.8) is 0 Å². The van der Waals surface area contributed by atoms with Crippen molar-refractivity contribution in [1.29, 1.82) is 0 Å². The number of nitrogens with zero attached hydrogens (tertiary/aromatic N) is 1. The van der Waals surface area contributed by atoms with Crippen LogP contribution in [0.15, 0.2) is 0 Å². The highest BCUT2D eigenvalue weighted by molar-refractivity contribution is 4.77. The molecule has 1 atom stereocenters. The van der Waals surface area contributed by atoms with E-state index in [9.17, 15) is 0 Å². The molecular weight excluding hydrogens is 186 g/mol. The first kappa shape index (κ1) is 13.0. The summed E-state index contributed by atoms with van der Waals surface area (Å²) in [5.41, 5.74) is 0. The third kappa shape index (κ3) is 6.91. The molecule has 0 bridgehead atoms. The van der Waals surface area contributed by atoms with Crippen molar-refractivity contribution >= 4 is 0 Å². The van der Waals surface area contributed by atoms with Gasteiger partial charge in [-0.1, -0.05) is 6.92 Å². The highest BCUT2D eigenvalue weighted by atomic mass is 16.3. The maximum Gasteiger partial charge on any atom is 0.0512 e. The van der Waals surface area contributed by atoms with Gasteiger partial charge in [0.15, 0.2) is 0 Å². The van der Waals surface area contributed by atoms with E-state index in [-0.39, 0.29) is 6.10 Å². The monoisotopic (exact) mass is 213 g/mol. The van der Waals surface area contributed by atoms with Crippen LogP contribution in [0, 0.1) is 5.92 Å². The molecule has 0 heterocycles. The zero-order chi connectivity index (χ0) is 11.1. The lowest BCUT2D eigenvalue weighted by atomic mass is 10.1. The molecule has 1 aliphatic carbocycles. The van der Waals surface area contributed by atoms with Crippen LogP contribution in [-0.4, -0.2) is 35.7 Å². The first-order valence-corrected chi connectivity index (χ1v) is 6.62. The minimum Gasteiger partial charge on any atom is -0.393 e. The molecule has 90 valence electrons. The fourth-order valence-corrected chi connectivity index (χ4v) is 2.05. The molecule has 0 aromatic heterocycles. The van der Waals surface area contributed by atoms with Crippen LogP contribution in [-0.2, 0) is 0 Å². The van der Waals surface area contributed by atoms with Crippen LogP contribution in [0.25, 0.3) is 0 Å². The molecule has 1 unspecified atom stereocenters. The van der Waals surface area contributed by atoms with Crippen LogP contribution in [0.3, 0.4) is 0 Å². The zero-order valence-corrected chi connectivity index (χ0v) is 10.4. The normalized spacial score (nSPS) is 18.4. The standard InChI is InChI=1S/C13H27NO/c1-3-9-14(11-13-7-8-13)10-5-4-6-12(2)15/h12-13,15H,3-11H2,1-2H3. The Morgan fingerprint density at radius 3 is 2.53 bits per heavy atom. The van der Waals surface area contributed by atoms with Gasteiger partial charge in [-0.15, -0.1) is 0 Å². The van der Waals surface area contributed by atoms with Gasteiger partial charge in [0.05, 0.1) is 6.10 Å². The van der Waals surface area contributed by atoms with E-state index in [1.54, 1.807) is 0 Å². The largest absolute Gasteiger partial charge is 0.393 e. The quantitative estimate of drug-likeness (QED) is 0.595. The summed E-state index contributed by atoms with van der Waals surface area (Å²) in [4.78, 5) is 2.61. The molecule has 0 amide bonds. The van der Waals surface area contributed by atoms with Gasteiger partial charge in [-0.3, -0.25) is 0 Å². The Kier molecular flexibility index (Phi) is 6.26. The van der Waals surface area contributed by atoms with E-state index < -0.39 is 0 Å². The van der Waals surface area contributed by atoms with Crippen LogP contribution in [0.1, 0.15) is 52.4 Å². The molecule has 2 heteroatoms. The van der Waals surface area contributed by atoms with Gasteiger partial charge >= 0.3 is 0 Å². The molecule has 1 fully saturated rings. The smallest absolute Gasteiger partial charge is 0.0512 e. The minimum atomic E-state index is -0.118. The second-order valence-electron chi connectivity index (χ2n) is 5.09. The number of hydrogen-bond acceptors (Lipinski definition) is 2. The van der Waals surface area contributed by atoms with Crippen molar-refractivity contribution in [2.75, 3.05) is 19.6 Å². The van der Waals surface area contributed by atoms with E-state index in [1.807, 2.05) is 6.92 Å². The Hall–Kier alpha value is -0.0800. The van der Waals surface area contributed by atoms with Crippen LogP contribution in [0.4, 0.5) is 0 Å². The van der Waals surface area contributed by atoms with E-state index in [0.717, 1.165) is 12.3 Å². The second kappa shape index (κ2) is 7.24. The fourth-order valence-electron chi connectivity index (χ4n) is 2.05. The molecular formula is C13H27NO. The van der Waals surface area contributed by atoms with Gasteiger partial charge in [0, 0.05) is 6.54 Å². The summed E-state index contributed by atoms with van der Waals surface area (Å²) >= 11 is 0. The van der Waals surface area contributed by atoms with Gasteiger partial charge in [-0.2, -0.15) is 0 Å². The molecule has 0 aliphatic heterocycles. The van der Waals surface area contributed by atoms with Crippen molar-refractivity contribution in [2.24, 2.45) is 5.92 Å². The molecule has 1 N–H and O–H groups in total. The van der Waals surface area contributed by atoms with Crippen LogP contribution >= 0.6 is 0 Å². The molecule has 2 nitrogen and oxygen atoms in total. The molecule has 0 spiro atoms. The van der Waals surface area contributed by atoms with Crippen molar-refractivity contribution in [3.8, 4) is 0 Å². The lowest BCUT2D eigenvalue weighted by Crippen LogP contribution is -2.28. The summed E-state index contributed by atoms with van der Waals surface area (Å²) in [5.74, 6) is 1.01. The zero-order valence-electron chi connectivity index (χ0n) is 10.4. The Morgan fingerprint density at radius 2 is 2.00 bits per heavy atom. The lowest BCUT2D eigenvalue weighted by Gasteiger charge is -2.21. The number of aliphatic hydroxyl groups is 1. The number of unbranched alkanes of at least 4 members (excludes halogenated alkanes) is 1. The SMILES string of the molecule is CCCN(CCCCC(C)O)CC1CC1. The molecule has 0 aromatic carbocycles. The Labute approximate surface area is 94.7 Å². The third-order valence-electron chi connectivity index (χ3n) is 3.10. The molecule has 0 saturated heterocycles. The molecule has 1 aliphatic rings. The fraction of sp³-hybridized carbons (Fsp3) is 1.00. The van der Waals surface area contributed by atoms with Gasteiger partial charge in [0.2, 0.25) is 0 Å². The number of aliphatic hydroxyl groups excluding tert-OH is 1. The molecule has 1 saturated carbocycles. The highest BCUT2D eigenvalue weighted by Gasteiger charge is 2.23. The van der Waals surface area contributed by atoms with E-state index in [0.29, 0.717) is 0 Å². The number of rotatable bonds is 9. The van der Waals surface area contributed by atoms with E-state index >= 15 is 0 Å². The minimum absolute atomic E-state index is 0.118. The van der Waals surface area contributed by atoms with Crippen LogP contribution in [0.5, 0.6) is 0 Å². The van der Waals surface area contributed by atoms with Crippen molar-refractivity contribution in [1.82, 2.24) is 4.90 Å². The predicted molar refractivity (Wildman–Crippen MR) is 65.0 cm³/mol. The van der Waals surface area contributed by atoms with Gasteiger partial charge in [-0.05, 0) is 64.5 Å². The van der Waals surface area contributed by atoms with Gasteiger partial charge < -0.3 is 10.0 Å². The maximum atomic E-state index is 9.16. The molecule has 15 heavy (non-hydrogen) atoms. The highest BCUT2D eigenvalue weighted by Crippen LogP contribution is 2.29. The summed E-state index contributed by atoms with van der Waals surface area (Å²) in [7, 11) is 0. The maximum absolute atomic E-state index is 9.16. The first-order valence-electron chi connectivity index (χ1n) is 6.62. The van der Waals surface area contributed by atoms with Crippen LogP contribution in [0.2, 0.25) is 0 Å². The summed E-state index contributed by atoms with van der Waals surface area (Å²) in [6, 6.07) is 0. The van der Waals surface area contributed by atoms with Crippen molar-refractivity contribution in [3.05, 3.63) is 0 Å². The molecule has 0 aromatic rings. The summed E-state index contributed by atoms with van der Waals surface area (Å²) in [5, 5.41) is 9.16. The van der Waals surface area contributed by atoms with Crippen molar-refractivity contribution in [2.45, 2.75) is 58.5 Å². The van der Waals surface area contributed by atoms with Gasteiger partial charge in [-0.25, -0.2) is 0 Å². The Balaban J connectivity index is 2.02. The summed E-state index contributed by atoms with van der Waals surface area (Å²) in [6.07, 6.45) is 7.43. The van der Waals surface area contributed by atoms with E-state index in [4.69, 9.17) is 5.11 Å². The topological polar surface area (TPSA) is 23.5 Å². The van der Waals surface area contributed by atoms with Crippen LogP contribution < -0.4 is 0 Å². The summed E-state index contributed by atoms with van der Waals surface area (Å²) in [6.45, 7) is 7.95. The average Bonchev–Trinajstić information content (AvgIpc) is 2.96. The van der Waals surface area contributed by atoms with E-state index in [1.165, 1.54) is 51.7 Å². The second-order valence-corrected chi connectivity index (χ2v) is 5.09. The Morgan fingerprint density at radius 1 is 1.27 bits per heavy atom. The average molecular weight is 213 g/mol. The predicted octanol–water partition coefficient (Wildman–Crippen LogP) is 2.66. The van der Waals surface area contributed by atoms with Gasteiger partial charge in [0.25, 0.3) is 0 Å². The third-order valence-corrected chi connectivity index (χ3v) is 3.10. The molecule has 0 radical (unpaired) electrons. The first-order chi connectivity index (χ1) is 7.22. The number of hydrogen-bond donors (Lipinski definition) is 1. The van der Waals surface area contributed by atoms with Crippen molar-refractivity contribution < 1.29 is 5.11 Å². The van der Waals surface area contributed by atoms with Gasteiger partial charge in [0.1, 0.15) is 0 Å².